The standard InChI is InChI=1S/C14H16BrNO2/c1-8-3-2-4-10(13(8)15)14(17)16-11-7-9-5-6-12(11)18-9/h2-4,9,11-12H,5-7H2,1H3,(H,16,17). The third-order valence-corrected chi connectivity index (χ3v) is 4.91. The van der Waals surface area contributed by atoms with E-state index in [4.69, 9.17) is 4.74 Å². The highest BCUT2D eigenvalue weighted by Crippen LogP contribution is 2.34. The third-order valence-electron chi connectivity index (χ3n) is 3.86. The second kappa shape index (κ2) is 4.67. The summed E-state index contributed by atoms with van der Waals surface area (Å²) in [5.74, 6) is -0.00766. The fraction of sp³-hybridized carbons (Fsp3) is 0.500. The quantitative estimate of drug-likeness (QED) is 0.912. The van der Waals surface area contributed by atoms with Crippen LogP contribution in [0.1, 0.15) is 35.2 Å². The van der Waals surface area contributed by atoms with E-state index >= 15 is 0 Å². The highest BCUT2D eigenvalue weighted by atomic mass is 79.9. The van der Waals surface area contributed by atoms with E-state index in [2.05, 4.69) is 21.2 Å². The average Bonchev–Trinajstić information content (AvgIpc) is 2.94. The number of aryl methyl sites for hydroxylation is 1. The van der Waals surface area contributed by atoms with Crippen molar-refractivity contribution >= 4 is 21.8 Å². The second-order valence-corrected chi connectivity index (χ2v) is 5.92. The average molecular weight is 310 g/mol. The van der Waals surface area contributed by atoms with Gasteiger partial charge >= 0.3 is 0 Å². The molecule has 2 heterocycles. The number of fused-ring (bicyclic) bond motifs is 2. The molecule has 4 heteroatoms. The lowest BCUT2D eigenvalue weighted by Gasteiger charge is -2.20. The van der Waals surface area contributed by atoms with E-state index in [9.17, 15) is 4.79 Å². The summed E-state index contributed by atoms with van der Waals surface area (Å²) in [6.45, 7) is 1.99. The number of hydrogen-bond acceptors (Lipinski definition) is 2. The van der Waals surface area contributed by atoms with Gasteiger partial charge in [-0.2, -0.15) is 0 Å². The van der Waals surface area contributed by atoms with Gasteiger partial charge in [0.2, 0.25) is 0 Å². The second-order valence-electron chi connectivity index (χ2n) is 5.13. The number of rotatable bonds is 2. The van der Waals surface area contributed by atoms with Crippen molar-refractivity contribution in [2.45, 2.75) is 44.4 Å². The van der Waals surface area contributed by atoms with Crippen LogP contribution in [0.25, 0.3) is 0 Å². The maximum Gasteiger partial charge on any atom is 0.252 e. The molecule has 1 aromatic rings. The van der Waals surface area contributed by atoms with Crippen molar-refractivity contribution in [1.29, 1.82) is 0 Å². The molecule has 2 saturated heterocycles. The van der Waals surface area contributed by atoms with Gasteiger partial charge in [-0.15, -0.1) is 0 Å². The summed E-state index contributed by atoms with van der Waals surface area (Å²) in [7, 11) is 0. The third kappa shape index (κ3) is 2.08. The fourth-order valence-corrected chi connectivity index (χ4v) is 3.30. The zero-order chi connectivity index (χ0) is 12.7. The zero-order valence-electron chi connectivity index (χ0n) is 10.3. The van der Waals surface area contributed by atoms with Gasteiger partial charge in [-0.1, -0.05) is 12.1 Å². The lowest BCUT2D eigenvalue weighted by Crippen LogP contribution is -2.41. The van der Waals surface area contributed by atoms with Crippen LogP contribution in [0.3, 0.4) is 0 Å². The summed E-state index contributed by atoms with van der Waals surface area (Å²) in [6, 6.07) is 5.93. The van der Waals surface area contributed by atoms with Crippen molar-refractivity contribution in [3.63, 3.8) is 0 Å². The Morgan fingerprint density at radius 1 is 1.44 bits per heavy atom. The van der Waals surface area contributed by atoms with Crippen molar-refractivity contribution in [3.8, 4) is 0 Å². The SMILES string of the molecule is Cc1cccc(C(=O)NC2CC3CCC2O3)c1Br. The molecule has 3 nitrogen and oxygen atoms in total. The van der Waals surface area contributed by atoms with Gasteiger partial charge in [0, 0.05) is 4.47 Å². The van der Waals surface area contributed by atoms with Crippen LogP contribution in [0, 0.1) is 6.92 Å². The first-order chi connectivity index (χ1) is 8.65. The van der Waals surface area contributed by atoms with Crippen LogP contribution in [0.4, 0.5) is 0 Å². The largest absolute Gasteiger partial charge is 0.373 e. The monoisotopic (exact) mass is 309 g/mol. The summed E-state index contributed by atoms with van der Waals surface area (Å²) >= 11 is 3.48. The first-order valence-electron chi connectivity index (χ1n) is 6.36. The van der Waals surface area contributed by atoms with Crippen LogP contribution in [0.2, 0.25) is 0 Å². The Kier molecular flexibility index (Phi) is 3.16. The molecule has 2 aliphatic heterocycles. The van der Waals surface area contributed by atoms with Crippen LogP contribution >= 0.6 is 15.9 Å². The lowest BCUT2D eigenvalue weighted by molar-refractivity contribution is 0.0840. The van der Waals surface area contributed by atoms with Gasteiger partial charge in [-0.25, -0.2) is 0 Å². The summed E-state index contributed by atoms with van der Waals surface area (Å²) in [4.78, 5) is 12.3. The molecule has 2 fully saturated rings. The molecule has 1 aromatic carbocycles. The highest BCUT2D eigenvalue weighted by molar-refractivity contribution is 9.10. The van der Waals surface area contributed by atoms with E-state index < -0.39 is 0 Å². The number of nitrogens with one attached hydrogen (secondary N) is 1. The molecular formula is C14H16BrNO2. The minimum atomic E-state index is -0.00766. The van der Waals surface area contributed by atoms with Gasteiger partial charge in [0.1, 0.15) is 0 Å². The molecule has 1 amide bonds. The van der Waals surface area contributed by atoms with Crippen molar-refractivity contribution in [2.24, 2.45) is 0 Å². The van der Waals surface area contributed by atoms with Crippen molar-refractivity contribution in [2.75, 3.05) is 0 Å². The number of amides is 1. The first-order valence-corrected chi connectivity index (χ1v) is 7.16. The first kappa shape index (κ1) is 12.2. The molecule has 0 aromatic heterocycles. The molecule has 0 radical (unpaired) electrons. The Labute approximate surface area is 115 Å². The highest BCUT2D eigenvalue weighted by Gasteiger charge is 2.41. The Hall–Kier alpha value is -0.870. The van der Waals surface area contributed by atoms with Crippen LogP contribution in [-0.2, 0) is 4.74 Å². The van der Waals surface area contributed by atoms with Gasteiger partial charge in [-0.05, 0) is 53.7 Å². The van der Waals surface area contributed by atoms with Crippen LogP contribution < -0.4 is 5.32 Å². The van der Waals surface area contributed by atoms with Crippen LogP contribution in [0.15, 0.2) is 22.7 Å². The van der Waals surface area contributed by atoms with Gasteiger partial charge in [-0.3, -0.25) is 4.79 Å². The molecule has 3 unspecified atom stereocenters. The fourth-order valence-electron chi connectivity index (χ4n) is 2.86. The molecule has 18 heavy (non-hydrogen) atoms. The van der Waals surface area contributed by atoms with E-state index in [1.807, 2.05) is 25.1 Å². The molecule has 0 saturated carbocycles. The zero-order valence-corrected chi connectivity index (χ0v) is 11.9. The Balaban J connectivity index is 1.73. The predicted molar refractivity (Wildman–Crippen MR) is 72.6 cm³/mol. The number of carbonyl (C=O) groups excluding carboxylic acids is 1. The number of hydrogen-bond donors (Lipinski definition) is 1. The minimum Gasteiger partial charge on any atom is -0.373 e. The number of benzene rings is 1. The van der Waals surface area contributed by atoms with Crippen LogP contribution in [0.5, 0.6) is 0 Å². The summed E-state index contributed by atoms with van der Waals surface area (Å²) in [6.07, 6.45) is 3.76. The predicted octanol–water partition coefficient (Wildman–Crippen LogP) is 2.81. The van der Waals surface area contributed by atoms with E-state index in [0.717, 1.165) is 29.3 Å². The van der Waals surface area contributed by atoms with E-state index in [1.165, 1.54) is 0 Å². The van der Waals surface area contributed by atoms with E-state index in [1.54, 1.807) is 0 Å². The lowest BCUT2D eigenvalue weighted by atomic mass is 9.95. The Morgan fingerprint density at radius 3 is 2.94 bits per heavy atom. The molecule has 2 bridgehead atoms. The molecule has 3 atom stereocenters. The molecular weight excluding hydrogens is 294 g/mol. The molecule has 0 aliphatic carbocycles. The normalized spacial score (nSPS) is 29.6. The molecule has 96 valence electrons. The summed E-state index contributed by atoms with van der Waals surface area (Å²) < 4.78 is 6.63. The molecule has 1 N–H and O–H groups in total. The summed E-state index contributed by atoms with van der Waals surface area (Å²) in [5.41, 5.74) is 1.78. The van der Waals surface area contributed by atoms with Gasteiger partial charge in [0.25, 0.3) is 5.91 Å². The topological polar surface area (TPSA) is 38.3 Å². The van der Waals surface area contributed by atoms with Gasteiger partial charge < -0.3 is 10.1 Å². The van der Waals surface area contributed by atoms with Gasteiger partial charge in [0.05, 0.1) is 23.8 Å². The van der Waals surface area contributed by atoms with Crippen molar-refractivity contribution < 1.29 is 9.53 Å². The molecule has 0 spiro atoms. The summed E-state index contributed by atoms with van der Waals surface area (Å²) in [5, 5.41) is 3.10. The van der Waals surface area contributed by atoms with Crippen molar-refractivity contribution in [3.05, 3.63) is 33.8 Å². The maximum atomic E-state index is 12.3. The Bertz CT molecular complexity index is 489. The smallest absolute Gasteiger partial charge is 0.252 e. The van der Waals surface area contributed by atoms with E-state index in [0.29, 0.717) is 11.7 Å². The maximum absolute atomic E-state index is 12.3. The molecule has 2 aliphatic rings. The van der Waals surface area contributed by atoms with E-state index in [-0.39, 0.29) is 18.1 Å². The number of halogens is 1. The Morgan fingerprint density at radius 2 is 2.28 bits per heavy atom. The van der Waals surface area contributed by atoms with Crippen molar-refractivity contribution in [1.82, 2.24) is 5.32 Å². The minimum absolute atomic E-state index is 0.00766. The van der Waals surface area contributed by atoms with Gasteiger partial charge in [0.15, 0.2) is 0 Å². The molecule has 3 rings (SSSR count). The number of ether oxygens (including phenoxy) is 1. The van der Waals surface area contributed by atoms with Crippen LogP contribution in [-0.4, -0.2) is 24.2 Å². The number of carbonyl (C=O) groups is 1.